The third-order valence-electron chi connectivity index (χ3n) is 2.86. The number of hydrogen-bond acceptors (Lipinski definition) is 4. The van der Waals surface area contributed by atoms with E-state index in [0.29, 0.717) is 32.2 Å². The van der Waals surface area contributed by atoms with Gasteiger partial charge in [0.1, 0.15) is 0 Å². The molecule has 1 unspecified atom stereocenters. The van der Waals surface area contributed by atoms with Gasteiger partial charge in [-0.15, -0.1) is 0 Å². The minimum atomic E-state index is -0.802. The maximum atomic E-state index is 11.7. The Hall–Kier alpha value is -1.43. The van der Waals surface area contributed by atoms with Gasteiger partial charge in [-0.25, -0.2) is 0 Å². The van der Waals surface area contributed by atoms with Gasteiger partial charge in [0.25, 0.3) is 0 Å². The number of likely N-dealkylation sites (N-methyl/N-ethyl adjacent to an activating group) is 1. The number of carboxylic acid groups (broad SMARTS) is 1. The Bertz CT molecular complexity index is 317. The van der Waals surface area contributed by atoms with E-state index in [1.807, 2.05) is 0 Å². The summed E-state index contributed by atoms with van der Waals surface area (Å²) >= 11 is 0. The molecule has 1 saturated heterocycles. The van der Waals surface area contributed by atoms with E-state index in [1.54, 1.807) is 0 Å². The maximum absolute atomic E-state index is 11.7. The van der Waals surface area contributed by atoms with Gasteiger partial charge < -0.3 is 10.4 Å². The van der Waals surface area contributed by atoms with Crippen LogP contribution in [0.3, 0.4) is 0 Å². The summed E-state index contributed by atoms with van der Waals surface area (Å²) in [5, 5.41) is 11.5. The molecule has 0 spiro atoms. The third kappa shape index (κ3) is 4.14. The zero-order valence-corrected chi connectivity index (χ0v) is 9.94. The Balaban J connectivity index is 2.21. The summed E-state index contributed by atoms with van der Waals surface area (Å²) in [6, 6.07) is -0.303. The van der Waals surface area contributed by atoms with E-state index in [2.05, 4.69) is 5.32 Å². The van der Waals surface area contributed by atoms with Crippen LogP contribution >= 0.6 is 0 Å². The first-order valence-corrected chi connectivity index (χ1v) is 5.78. The summed E-state index contributed by atoms with van der Waals surface area (Å²) in [5.41, 5.74) is 0. The second kappa shape index (κ2) is 6.34. The molecule has 1 rings (SSSR count). The van der Waals surface area contributed by atoms with Gasteiger partial charge in [0.15, 0.2) is 0 Å². The molecule has 6 heteroatoms. The van der Waals surface area contributed by atoms with Crippen LogP contribution in [0.5, 0.6) is 0 Å². The predicted molar refractivity (Wildman–Crippen MR) is 60.3 cm³/mol. The van der Waals surface area contributed by atoms with Crippen molar-refractivity contribution in [1.82, 2.24) is 10.2 Å². The highest BCUT2D eigenvalue weighted by atomic mass is 16.4. The van der Waals surface area contributed by atoms with Gasteiger partial charge in [0.2, 0.25) is 11.8 Å². The number of rotatable bonds is 6. The zero-order valence-electron chi connectivity index (χ0n) is 9.94. The van der Waals surface area contributed by atoms with Crippen molar-refractivity contribution in [2.75, 3.05) is 13.6 Å². The summed E-state index contributed by atoms with van der Waals surface area (Å²) in [7, 11) is 1.49. The molecule has 96 valence electrons. The molecule has 0 aliphatic carbocycles. The van der Waals surface area contributed by atoms with Gasteiger partial charge in [-0.3, -0.25) is 19.3 Å². The van der Waals surface area contributed by atoms with Crippen molar-refractivity contribution in [3.8, 4) is 0 Å². The van der Waals surface area contributed by atoms with E-state index < -0.39 is 5.97 Å². The molecule has 1 fully saturated rings. The van der Waals surface area contributed by atoms with Crippen LogP contribution in [-0.4, -0.2) is 47.4 Å². The number of aliphatic carboxylic acids is 1. The Morgan fingerprint density at radius 3 is 2.82 bits per heavy atom. The van der Waals surface area contributed by atoms with Crippen molar-refractivity contribution < 1.29 is 19.5 Å². The number of likely N-dealkylation sites (tertiary alicyclic amines) is 1. The zero-order chi connectivity index (χ0) is 12.8. The molecule has 0 bridgehead atoms. The van der Waals surface area contributed by atoms with Crippen molar-refractivity contribution in [2.45, 2.75) is 38.1 Å². The van der Waals surface area contributed by atoms with Gasteiger partial charge in [-0.2, -0.15) is 0 Å². The molecule has 1 aliphatic heterocycles. The number of carbonyl (C=O) groups is 3. The van der Waals surface area contributed by atoms with Crippen LogP contribution in [0.2, 0.25) is 0 Å². The summed E-state index contributed by atoms with van der Waals surface area (Å²) in [5.74, 6) is -1.14. The fourth-order valence-corrected chi connectivity index (χ4v) is 1.78. The number of nitrogens with one attached hydrogen (secondary N) is 1. The van der Waals surface area contributed by atoms with E-state index in [0.717, 1.165) is 4.90 Å². The first kappa shape index (κ1) is 13.6. The smallest absolute Gasteiger partial charge is 0.303 e. The van der Waals surface area contributed by atoms with Gasteiger partial charge in [-0.1, -0.05) is 0 Å². The lowest BCUT2D eigenvalue weighted by Gasteiger charge is -2.28. The van der Waals surface area contributed by atoms with E-state index in [4.69, 9.17) is 5.11 Å². The van der Waals surface area contributed by atoms with Crippen LogP contribution in [-0.2, 0) is 14.4 Å². The molecule has 0 radical (unpaired) electrons. The highest BCUT2D eigenvalue weighted by Gasteiger charge is 2.30. The molecule has 17 heavy (non-hydrogen) atoms. The number of imide groups is 1. The molecule has 2 N–H and O–H groups in total. The van der Waals surface area contributed by atoms with Crippen molar-refractivity contribution in [3.63, 3.8) is 0 Å². The highest BCUT2D eigenvalue weighted by molar-refractivity contribution is 6.00. The van der Waals surface area contributed by atoms with Crippen LogP contribution < -0.4 is 5.32 Å². The first-order valence-electron chi connectivity index (χ1n) is 5.78. The van der Waals surface area contributed by atoms with Crippen LogP contribution in [0.1, 0.15) is 32.1 Å². The fraction of sp³-hybridized carbons (Fsp3) is 0.727. The Kier molecular flexibility index (Phi) is 5.09. The number of carboxylic acids is 1. The topological polar surface area (TPSA) is 86.7 Å². The van der Waals surface area contributed by atoms with Crippen molar-refractivity contribution in [2.24, 2.45) is 0 Å². The molecule has 1 aliphatic rings. The van der Waals surface area contributed by atoms with Crippen molar-refractivity contribution in [1.29, 1.82) is 0 Å². The van der Waals surface area contributed by atoms with Crippen molar-refractivity contribution >= 4 is 17.8 Å². The average molecular weight is 242 g/mol. The number of amides is 2. The molecular weight excluding hydrogens is 224 g/mol. The van der Waals surface area contributed by atoms with Gasteiger partial charge in [0, 0.05) is 19.9 Å². The lowest BCUT2D eigenvalue weighted by atomic mass is 10.0. The molecule has 0 aromatic heterocycles. The molecule has 6 nitrogen and oxygen atoms in total. The number of carbonyl (C=O) groups excluding carboxylic acids is 2. The number of hydrogen-bond donors (Lipinski definition) is 2. The Morgan fingerprint density at radius 1 is 1.47 bits per heavy atom. The van der Waals surface area contributed by atoms with Gasteiger partial charge in [0.05, 0.1) is 6.04 Å². The van der Waals surface area contributed by atoms with Gasteiger partial charge in [-0.05, 0) is 25.8 Å². The Labute approximate surface area is 100.0 Å². The average Bonchev–Trinajstić information content (AvgIpc) is 2.28. The largest absolute Gasteiger partial charge is 0.481 e. The van der Waals surface area contributed by atoms with Gasteiger partial charge >= 0.3 is 5.97 Å². The lowest BCUT2D eigenvalue weighted by molar-refractivity contribution is -0.148. The molecule has 1 atom stereocenters. The summed E-state index contributed by atoms with van der Waals surface area (Å²) in [6.07, 6.45) is 2.38. The number of nitrogens with zero attached hydrogens (tertiary/aromatic N) is 1. The second-order valence-electron chi connectivity index (χ2n) is 4.19. The minimum absolute atomic E-state index is 0.140. The summed E-state index contributed by atoms with van der Waals surface area (Å²) in [4.78, 5) is 34.3. The van der Waals surface area contributed by atoms with E-state index in [1.165, 1.54) is 7.05 Å². The quantitative estimate of drug-likeness (QED) is 0.505. The molecule has 0 saturated carbocycles. The monoisotopic (exact) mass is 242 g/mol. The maximum Gasteiger partial charge on any atom is 0.303 e. The van der Waals surface area contributed by atoms with E-state index in [9.17, 15) is 14.4 Å². The number of piperidine rings is 1. The molecular formula is C11H18N2O4. The van der Waals surface area contributed by atoms with E-state index in [-0.39, 0.29) is 24.3 Å². The molecule has 2 amide bonds. The predicted octanol–water partition coefficient (Wildman–Crippen LogP) is -0.0217. The third-order valence-corrected chi connectivity index (χ3v) is 2.86. The summed E-state index contributed by atoms with van der Waals surface area (Å²) < 4.78 is 0. The SMILES string of the molecule is CN1C(=O)CCC(NCCCCC(=O)O)C1=O. The highest BCUT2D eigenvalue weighted by Crippen LogP contribution is 2.11. The molecule has 1 heterocycles. The lowest BCUT2D eigenvalue weighted by Crippen LogP contribution is -2.51. The number of unbranched alkanes of at least 4 members (excludes halogenated alkanes) is 1. The normalized spacial score (nSPS) is 20.8. The Morgan fingerprint density at radius 2 is 2.18 bits per heavy atom. The van der Waals surface area contributed by atoms with Crippen LogP contribution in [0.15, 0.2) is 0 Å². The molecule has 0 aromatic rings. The van der Waals surface area contributed by atoms with Crippen LogP contribution in [0, 0.1) is 0 Å². The van der Waals surface area contributed by atoms with Crippen LogP contribution in [0.4, 0.5) is 0 Å². The summed E-state index contributed by atoms with van der Waals surface area (Å²) in [6.45, 7) is 0.603. The van der Waals surface area contributed by atoms with E-state index >= 15 is 0 Å². The van der Waals surface area contributed by atoms with Crippen LogP contribution in [0.25, 0.3) is 0 Å². The second-order valence-corrected chi connectivity index (χ2v) is 4.19. The minimum Gasteiger partial charge on any atom is -0.481 e. The van der Waals surface area contributed by atoms with Crippen molar-refractivity contribution in [3.05, 3.63) is 0 Å². The first-order chi connectivity index (χ1) is 8.02. The molecule has 0 aromatic carbocycles. The fourth-order valence-electron chi connectivity index (χ4n) is 1.78. The standard InChI is InChI=1S/C11H18N2O4/c1-13-9(14)6-5-8(11(13)17)12-7-3-2-4-10(15)16/h8,12H,2-7H2,1H3,(H,15,16).